The van der Waals surface area contributed by atoms with Gasteiger partial charge in [-0.2, -0.15) is 0 Å². The number of aliphatic hydroxyl groups is 2. The summed E-state index contributed by atoms with van der Waals surface area (Å²) in [6.07, 6.45) is 5.23. The molecule has 0 aliphatic heterocycles. The van der Waals surface area contributed by atoms with Gasteiger partial charge in [-0.25, -0.2) is 0 Å². The molecular weight excluding hydrogens is 238 g/mol. The molecule has 19 heavy (non-hydrogen) atoms. The summed E-state index contributed by atoms with van der Waals surface area (Å²) < 4.78 is 0. The quantitative estimate of drug-likeness (QED) is 0.735. The van der Waals surface area contributed by atoms with Crippen LogP contribution in [0.4, 0.5) is 0 Å². The molecule has 0 radical (unpaired) electrons. The van der Waals surface area contributed by atoms with Gasteiger partial charge in [0.1, 0.15) is 0 Å². The Bertz CT molecular complexity index is 402. The lowest BCUT2D eigenvalue weighted by Crippen LogP contribution is -2.35. The summed E-state index contributed by atoms with van der Waals surface area (Å²) in [7, 11) is 0. The highest BCUT2D eigenvalue weighted by Crippen LogP contribution is 2.24. The predicted octanol–water partition coefficient (Wildman–Crippen LogP) is 1.96. The maximum Gasteiger partial charge on any atom is 0.0914 e. The molecule has 2 atom stereocenters. The van der Waals surface area contributed by atoms with Gasteiger partial charge in [-0.1, -0.05) is 25.1 Å². The van der Waals surface area contributed by atoms with Crippen LogP contribution in [0.15, 0.2) is 18.2 Å². The molecule has 0 aromatic heterocycles. The van der Waals surface area contributed by atoms with Gasteiger partial charge in [0.25, 0.3) is 0 Å². The molecule has 3 nitrogen and oxygen atoms in total. The average Bonchev–Trinajstić information content (AvgIpc) is 2.47. The lowest BCUT2D eigenvalue weighted by atomic mass is 9.89. The molecule has 2 unspecified atom stereocenters. The SMILES string of the molecule is CCC(CO)NCC(O)c1ccc2c(c1)CCCC2. The van der Waals surface area contributed by atoms with Gasteiger partial charge in [-0.3, -0.25) is 0 Å². The molecule has 0 spiro atoms. The van der Waals surface area contributed by atoms with E-state index in [2.05, 4.69) is 17.4 Å². The summed E-state index contributed by atoms with van der Waals surface area (Å²) in [6.45, 7) is 2.64. The zero-order valence-electron chi connectivity index (χ0n) is 11.7. The van der Waals surface area contributed by atoms with E-state index in [1.807, 2.05) is 13.0 Å². The van der Waals surface area contributed by atoms with Crippen LogP contribution in [0.2, 0.25) is 0 Å². The van der Waals surface area contributed by atoms with Gasteiger partial charge in [-0.15, -0.1) is 0 Å². The first-order valence-corrected chi connectivity index (χ1v) is 7.38. The third-order valence-corrected chi connectivity index (χ3v) is 4.07. The fourth-order valence-electron chi connectivity index (χ4n) is 2.69. The van der Waals surface area contributed by atoms with E-state index in [0.717, 1.165) is 18.4 Å². The molecular formula is C16H25NO2. The number of aliphatic hydroxyl groups excluding tert-OH is 2. The Morgan fingerprint density at radius 2 is 1.95 bits per heavy atom. The van der Waals surface area contributed by atoms with Crippen molar-refractivity contribution >= 4 is 0 Å². The van der Waals surface area contributed by atoms with Crippen molar-refractivity contribution < 1.29 is 10.2 Å². The van der Waals surface area contributed by atoms with E-state index in [0.29, 0.717) is 6.54 Å². The highest BCUT2D eigenvalue weighted by Gasteiger charge is 2.14. The minimum Gasteiger partial charge on any atom is -0.395 e. The Morgan fingerprint density at radius 3 is 2.63 bits per heavy atom. The molecule has 1 aliphatic rings. The van der Waals surface area contributed by atoms with E-state index in [9.17, 15) is 5.11 Å². The first-order valence-electron chi connectivity index (χ1n) is 7.38. The summed E-state index contributed by atoms with van der Waals surface area (Å²) in [5.41, 5.74) is 3.83. The third-order valence-electron chi connectivity index (χ3n) is 4.07. The monoisotopic (exact) mass is 263 g/mol. The smallest absolute Gasteiger partial charge is 0.0914 e. The average molecular weight is 263 g/mol. The molecule has 0 fully saturated rings. The van der Waals surface area contributed by atoms with E-state index in [1.165, 1.54) is 30.4 Å². The second-order valence-corrected chi connectivity index (χ2v) is 5.45. The lowest BCUT2D eigenvalue weighted by molar-refractivity contribution is 0.157. The maximum atomic E-state index is 10.2. The normalized spacial score (nSPS) is 17.8. The van der Waals surface area contributed by atoms with Gasteiger partial charge in [0.2, 0.25) is 0 Å². The van der Waals surface area contributed by atoms with E-state index in [-0.39, 0.29) is 12.6 Å². The minimum atomic E-state index is -0.493. The molecule has 0 saturated heterocycles. The molecule has 0 heterocycles. The molecule has 1 aliphatic carbocycles. The summed E-state index contributed by atoms with van der Waals surface area (Å²) in [6, 6.07) is 6.43. The Kier molecular flexibility index (Phi) is 5.37. The van der Waals surface area contributed by atoms with Crippen LogP contribution in [0.3, 0.4) is 0 Å². The minimum absolute atomic E-state index is 0.0762. The number of nitrogens with one attached hydrogen (secondary N) is 1. The van der Waals surface area contributed by atoms with Crippen molar-refractivity contribution in [1.29, 1.82) is 0 Å². The Labute approximate surface area is 115 Å². The zero-order valence-corrected chi connectivity index (χ0v) is 11.7. The van der Waals surface area contributed by atoms with Crippen molar-refractivity contribution in [3.63, 3.8) is 0 Å². The second kappa shape index (κ2) is 7.04. The molecule has 3 heteroatoms. The van der Waals surface area contributed by atoms with Gasteiger partial charge in [0, 0.05) is 12.6 Å². The summed E-state index contributed by atoms with van der Waals surface area (Å²) in [5, 5.41) is 22.5. The lowest BCUT2D eigenvalue weighted by Gasteiger charge is -2.20. The van der Waals surface area contributed by atoms with Crippen LogP contribution >= 0.6 is 0 Å². The van der Waals surface area contributed by atoms with Gasteiger partial charge in [0.15, 0.2) is 0 Å². The fourth-order valence-corrected chi connectivity index (χ4v) is 2.69. The van der Waals surface area contributed by atoms with Crippen molar-refractivity contribution in [2.24, 2.45) is 0 Å². The molecule has 1 aromatic rings. The fraction of sp³-hybridized carbons (Fsp3) is 0.625. The Morgan fingerprint density at radius 1 is 1.21 bits per heavy atom. The van der Waals surface area contributed by atoms with Crippen LogP contribution in [0.5, 0.6) is 0 Å². The molecule has 0 bridgehead atoms. The molecule has 1 aromatic carbocycles. The maximum absolute atomic E-state index is 10.2. The summed E-state index contributed by atoms with van der Waals surface area (Å²) in [4.78, 5) is 0. The van der Waals surface area contributed by atoms with Crippen molar-refractivity contribution in [2.45, 2.75) is 51.2 Å². The van der Waals surface area contributed by atoms with E-state index >= 15 is 0 Å². The highest BCUT2D eigenvalue weighted by molar-refractivity contribution is 5.34. The molecule has 2 rings (SSSR count). The standard InChI is InChI=1S/C16H25NO2/c1-2-15(11-18)17-10-16(19)14-8-7-12-5-3-4-6-13(12)9-14/h7-9,15-19H,2-6,10-11H2,1H3. The van der Waals surface area contributed by atoms with Crippen LogP contribution in [0.1, 0.15) is 49.0 Å². The molecule has 3 N–H and O–H groups in total. The third kappa shape index (κ3) is 3.78. The number of rotatable bonds is 6. The first kappa shape index (κ1) is 14.5. The van der Waals surface area contributed by atoms with Crippen LogP contribution in [-0.2, 0) is 12.8 Å². The van der Waals surface area contributed by atoms with Crippen LogP contribution in [0.25, 0.3) is 0 Å². The van der Waals surface area contributed by atoms with Crippen molar-refractivity contribution in [3.8, 4) is 0 Å². The van der Waals surface area contributed by atoms with Crippen molar-refractivity contribution in [2.75, 3.05) is 13.2 Å². The van der Waals surface area contributed by atoms with Gasteiger partial charge < -0.3 is 15.5 Å². The first-order chi connectivity index (χ1) is 9.24. The molecule has 106 valence electrons. The number of hydrogen-bond donors (Lipinski definition) is 3. The van der Waals surface area contributed by atoms with Crippen LogP contribution in [0, 0.1) is 0 Å². The second-order valence-electron chi connectivity index (χ2n) is 5.45. The van der Waals surface area contributed by atoms with E-state index in [1.54, 1.807) is 0 Å². The van der Waals surface area contributed by atoms with Crippen molar-refractivity contribution in [3.05, 3.63) is 34.9 Å². The van der Waals surface area contributed by atoms with Gasteiger partial charge in [-0.05, 0) is 48.8 Å². The van der Waals surface area contributed by atoms with Gasteiger partial charge in [0.05, 0.1) is 12.7 Å². The number of aryl methyl sites for hydroxylation is 2. The van der Waals surface area contributed by atoms with E-state index in [4.69, 9.17) is 5.11 Å². The Hall–Kier alpha value is -0.900. The summed E-state index contributed by atoms with van der Waals surface area (Å²) >= 11 is 0. The van der Waals surface area contributed by atoms with Crippen LogP contribution < -0.4 is 5.32 Å². The predicted molar refractivity (Wildman–Crippen MR) is 77.2 cm³/mol. The molecule has 0 amide bonds. The largest absolute Gasteiger partial charge is 0.395 e. The highest BCUT2D eigenvalue weighted by atomic mass is 16.3. The summed E-state index contributed by atoms with van der Waals surface area (Å²) in [5.74, 6) is 0. The Balaban J connectivity index is 1.97. The zero-order chi connectivity index (χ0) is 13.7. The number of hydrogen-bond acceptors (Lipinski definition) is 3. The van der Waals surface area contributed by atoms with Gasteiger partial charge >= 0.3 is 0 Å². The van der Waals surface area contributed by atoms with Crippen molar-refractivity contribution in [1.82, 2.24) is 5.32 Å². The number of fused-ring (bicyclic) bond motifs is 1. The number of benzene rings is 1. The topological polar surface area (TPSA) is 52.5 Å². The molecule has 0 saturated carbocycles. The van der Waals surface area contributed by atoms with Crippen LogP contribution in [-0.4, -0.2) is 29.4 Å². The van der Waals surface area contributed by atoms with E-state index < -0.39 is 6.10 Å².